The zero-order valence-corrected chi connectivity index (χ0v) is 15.0. The van der Waals surface area contributed by atoms with E-state index in [1.54, 1.807) is 0 Å². The molecule has 7 nitrogen and oxygen atoms in total. The fourth-order valence-corrected chi connectivity index (χ4v) is 2.40. The van der Waals surface area contributed by atoms with E-state index in [9.17, 15) is 14.9 Å². The molecular weight excluding hydrogens is 390 g/mol. The van der Waals surface area contributed by atoms with Crippen LogP contribution in [0.5, 0.6) is 5.75 Å². The number of ether oxygens (including phenoxy) is 1. The Labute approximate surface area is 153 Å². The molecule has 0 saturated carbocycles. The van der Waals surface area contributed by atoms with E-state index in [0.717, 1.165) is 22.2 Å². The van der Waals surface area contributed by atoms with Crippen LogP contribution in [0.1, 0.15) is 29.3 Å². The Morgan fingerprint density at radius 1 is 1.32 bits per heavy atom. The zero-order valence-electron chi connectivity index (χ0n) is 13.4. The number of carbonyl (C=O) groups excluding carboxylic acids is 1. The smallest absolute Gasteiger partial charge is 0.271 e. The van der Waals surface area contributed by atoms with Crippen LogP contribution in [0.2, 0.25) is 0 Å². The first-order valence-electron chi connectivity index (χ1n) is 7.51. The van der Waals surface area contributed by atoms with Gasteiger partial charge >= 0.3 is 0 Å². The third kappa shape index (κ3) is 5.39. The summed E-state index contributed by atoms with van der Waals surface area (Å²) in [5, 5.41) is 14.5. The number of hydrogen-bond donors (Lipinski definition) is 1. The lowest BCUT2D eigenvalue weighted by Crippen LogP contribution is -2.17. The van der Waals surface area contributed by atoms with Crippen molar-refractivity contribution in [2.45, 2.75) is 13.3 Å². The van der Waals surface area contributed by atoms with Crippen molar-refractivity contribution in [3.05, 3.63) is 68.2 Å². The van der Waals surface area contributed by atoms with Crippen molar-refractivity contribution >= 4 is 33.7 Å². The van der Waals surface area contributed by atoms with Gasteiger partial charge < -0.3 is 4.74 Å². The van der Waals surface area contributed by atoms with Crippen LogP contribution in [0.15, 0.2) is 52.0 Å². The maximum atomic E-state index is 11.9. The molecule has 0 unspecified atom stereocenters. The molecule has 0 fully saturated rings. The Morgan fingerprint density at radius 3 is 2.64 bits per heavy atom. The van der Waals surface area contributed by atoms with Gasteiger partial charge in [-0.3, -0.25) is 14.9 Å². The van der Waals surface area contributed by atoms with Gasteiger partial charge in [-0.2, -0.15) is 5.10 Å². The van der Waals surface area contributed by atoms with E-state index in [1.165, 1.54) is 30.5 Å². The van der Waals surface area contributed by atoms with E-state index >= 15 is 0 Å². The second kappa shape index (κ2) is 8.93. The highest BCUT2D eigenvalue weighted by atomic mass is 79.9. The van der Waals surface area contributed by atoms with Gasteiger partial charge in [-0.05, 0) is 58.2 Å². The van der Waals surface area contributed by atoms with E-state index in [1.807, 2.05) is 25.1 Å². The van der Waals surface area contributed by atoms with Crippen LogP contribution in [0.4, 0.5) is 5.69 Å². The maximum Gasteiger partial charge on any atom is 0.271 e. The minimum Gasteiger partial charge on any atom is -0.492 e. The predicted molar refractivity (Wildman–Crippen MR) is 98.1 cm³/mol. The summed E-state index contributed by atoms with van der Waals surface area (Å²) >= 11 is 3.42. The van der Waals surface area contributed by atoms with Crippen LogP contribution >= 0.6 is 15.9 Å². The van der Waals surface area contributed by atoms with Crippen LogP contribution in [0, 0.1) is 10.1 Å². The van der Waals surface area contributed by atoms with Crippen molar-refractivity contribution in [3.8, 4) is 5.75 Å². The van der Waals surface area contributed by atoms with E-state index in [4.69, 9.17) is 4.74 Å². The van der Waals surface area contributed by atoms with Crippen LogP contribution < -0.4 is 10.2 Å². The number of halogens is 1. The second-order valence-electron chi connectivity index (χ2n) is 5.04. The lowest BCUT2D eigenvalue weighted by atomic mass is 10.2. The van der Waals surface area contributed by atoms with Crippen molar-refractivity contribution in [3.63, 3.8) is 0 Å². The van der Waals surface area contributed by atoms with Gasteiger partial charge in [0.05, 0.1) is 22.2 Å². The fraction of sp³-hybridized carbons (Fsp3) is 0.176. The highest BCUT2D eigenvalue weighted by Gasteiger charge is 2.08. The molecule has 0 saturated heterocycles. The van der Waals surface area contributed by atoms with E-state index in [2.05, 4.69) is 26.5 Å². The Bertz CT molecular complexity index is 791. The van der Waals surface area contributed by atoms with E-state index in [0.29, 0.717) is 6.61 Å². The maximum absolute atomic E-state index is 11.9. The first kappa shape index (κ1) is 18.6. The molecule has 1 amide bonds. The largest absolute Gasteiger partial charge is 0.492 e. The number of nitrogens with one attached hydrogen (secondary N) is 1. The fourth-order valence-electron chi connectivity index (χ4n) is 1.89. The van der Waals surface area contributed by atoms with Gasteiger partial charge in [0.1, 0.15) is 5.75 Å². The molecule has 2 aromatic carbocycles. The normalized spacial score (nSPS) is 10.6. The van der Waals surface area contributed by atoms with Crippen molar-refractivity contribution in [2.75, 3.05) is 6.61 Å². The molecule has 2 aromatic rings. The van der Waals surface area contributed by atoms with Crippen LogP contribution in [-0.4, -0.2) is 23.7 Å². The monoisotopic (exact) mass is 405 g/mol. The quantitative estimate of drug-likeness (QED) is 0.429. The van der Waals surface area contributed by atoms with Gasteiger partial charge in [-0.1, -0.05) is 6.92 Å². The molecule has 0 radical (unpaired) electrons. The van der Waals surface area contributed by atoms with Crippen LogP contribution in [0.3, 0.4) is 0 Å². The van der Waals surface area contributed by atoms with E-state index in [-0.39, 0.29) is 11.3 Å². The molecule has 1 N–H and O–H groups in total. The van der Waals surface area contributed by atoms with Crippen molar-refractivity contribution < 1.29 is 14.5 Å². The lowest BCUT2D eigenvalue weighted by molar-refractivity contribution is -0.384. The van der Waals surface area contributed by atoms with Gasteiger partial charge in [0.15, 0.2) is 0 Å². The predicted octanol–water partition coefficient (Wildman–Crippen LogP) is 3.91. The summed E-state index contributed by atoms with van der Waals surface area (Å²) in [6.45, 7) is 2.67. The Balaban J connectivity index is 1.96. The van der Waals surface area contributed by atoms with Crippen molar-refractivity contribution in [1.29, 1.82) is 0 Å². The van der Waals surface area contributed by atoms with Crippen molar-refractivity contribution in [2.24, 2.45) is 5.10 Å². The zero-order chi connectivity index (χ0) is 18.2. The molecular formula is C17H16BrN3O4. The number of amides is 1. The van der Waals surface area contributed by atoms with Gasteiger partial charge in [0.25, 0.3) is 11.6 Å². The number of rotatable bonds is 7. The molecule has 0 aliphatic rings. The Morgan fingerprint density at radius 2 is 2.04 bits per heavy atom. The molecule has 0 spiro atoms. The molecule has 0 atom stereocenters. The third-order valence-corrected chi connectivity index (χ3v) is 3.76. The highest BCUT2D eigenvalue weighted by molar-refractivity contribution is 9.10. The first-order chi connectivity index (χ1) is 12.0. The molecule has 0 aliphatic heterocycles. The Hall–Kier alpha value is -2.74. The summed E-state index contributed by atoms with van der Waals surface area (Å²) < 4.78 is 6.36. The molecule has 0 aromatic heterocycles. The minimum atomic E-state index is -0.522. The number of hydrazone groups is 1. The second-order valence-corrected chi connectivity index (χ2v) is 5.90. The van der Waals surface area contributed by atoms with Gasteiger partial charge in [-0.25, -0.2) is 5.43 Å². The molecule has 0 bridgehead atoms. The number of nitro groups is 1. The number of hydrogen-bond acceptors (Lipinski definition) is 5. The lowest BCUT2D eigenvalue weighted by Gasteiger charge is -2.07. The standard InChI is InChI=1S/C17H16BrN3O4/c1-2-9-25-16-8-3-12(10-15(16)18)11-19-20-17(22)13-4-6-14(7-5-13)21(23)24/h3-8,10-11H,2,9H2,1H3,(H,20,22)/b19-11+. The average Bonchev–Trinajstić information content (AvgIpc) is 2.61. The first-order valence-corrected chi connectivity index (χ1v) is 8.30. The number of carbonyl (C=O) groups is 1. The summed E-state index contributed by atoms with van der Waals surface area (Å²) in [7, 11) is 0. The highest BCUT2D eigenvalue weighted by Crippen LogP contribution is 2.25. The van der Waals surface area contributed by atoms with Gasteiger partial charge in [-0.15, -0.1) is 0 Å². The SMILES string of the molecule is CCCOc1ccc(/C=N/NC(=O)c2ccc([N+](=O)[O-])cc2)cc1Br. The van der Waals surface area contributed by atoms with Gasteiger partial charge in [0.2, 0.25) is 0 Å². The minimum absolute atomic E-state index is 0.0738. The van der Waals surface area contributed by atoms with E-state index < -0.39 is 10.8 Å². The molecule has 25 heavy (non-hydrogen) atoms. The topological polar surface area (TPSA) is 93.8 Å². The number of benzene rings is 2. The average molecular weight is 406 g/mol. The van der Waals surface area contributed by atoms with Crippen LogP contribution in [-0.2, 0) is 0 Å². The molecule has 2 rings (SSSR count). The Kier molecular flexibility index (Phi) is 6.64. The number of non-ortho nitro benzene ring substituents is 1. The summed E-state index contributed by atoms with van der Waals surface area (Å²) in [6, 6.07) is 10.7. The van der Waals surface area contributed by atoms with Gasteiger partial charge in [0, 0.05) is 17.7 Å². The summed E-state index contributed by atoms with van der Waals surface area (Å²) in [5.41, 5.74) is 3.37. The van der Waals surface area contributed by atoms with Crippen LogP contribution in [0.25, 0.3) is 0 Å². The number of nitrogens with zero attached hydrogens (tertiary/aromatic N) is 2. The molecule has 130 valence electrons. The summed E-state index contributed by atoms with van der Waals surface area (Å²) in [6.07, 6.45) is 2.42. The summed E-state index contributed by atoms with van der Waals surface area (Å²) in [5.74, 6) is 0.294. The molecule has 8 heteroatoms. The third-order valence-electron chi connectivity index (χ3n) is 3.14. The summed E-state index contributed by atoms with van der Waals surface area (Å²) in [4.78, 5) is 22.0. The molecule has 0 heterocycles. The molecule has 0 aliphatic carbocycles. The number of nitro benzene ring substituents is 1. The van der Waals surface area contributed by atoms with Crippen molar-refractivity contribution in [1.82, 2.24) is 5.43 Å².